The van der Waals surface area contributed by atoms with E-state index >= 15 is 0 Å². The lowest BCUT2D eigenvalue weighted by Crippen LogP contribution is -2.06. The van der Waals surface area contributed by atoms with Crippen molar-refractivity contribution < 1.29 is 4.74 Å². The fourth-order valence-electron chi connectivity index (χ4n) is 1.21. The molecular weight excluding hydrogens is 248 g/mol. The molecule has 0 radical (unpaired) electrons. The van der Waals surface area contributed by atoms with Crippen molar-refractivity contribution in [2.24, 2.45) is 0 Å². The van der Waals surface area contributed by atoms with Crippen LogP contribution in [-0.2, 0) is 0 Å². The number of benzene rings is 1. The van der Waals surface area contributed by atoms with Crippen LogP contribution in [0.15, 0.2) is 27.6 Å². The molecule has 1 heterocycles. The maximum atomic E-state index is 11.6. The van der Waals surface area contributed by atoms with E-state index in [9.17, 15) is 4.79 Å². The Labute approximate surface area is 88.0 Å². The average Bonchev–Trinajstić information content (AvgIpc) is 2.23. The number of halogens is 1. The molecule has 5 heteroatoms. The van der Waals surface area contributed by atoms with Crippen LogP contribution in [0.5, 0.6) is 5.75 Å². The van der Waals surface area contributed by atoms with Gasteiger partial charge in [0.1, 0.15) is 5.75 Å². The maximum Gasteiger partial charge on any atom is 0.222 e. The van der Waals surface area contributed by atoms with E-state index in [0.717, 1.165) is 0 Å². The smallest absolute Gasteiger partial charge is 0.222 e. The Morgan fingerprint density at radius 3 is 3.00 bits per heavy atom. The van der Waals surface area contributed by atoms with Crippen molar-refractivity contribution >= 4 is 26.8 Å². The first-order chi connectivity index (χ1) is 6.72. The quantitative estimate of drug-likeness (QED) is 0.843. The Kier molecular flexibility index (Phi) is 2.25. The van der Waals surface area contributed by atoms with Crippen LogP contribution < -0.4 is 10.2 Å². The van der Waals surface area contributed by atoms with E-state index in [1.54, 1.807) is 25.3 Å². The first kappa shape index (κ1) is 9.21. The van der Waals surface area contributed by atoms with Crippen molar-refractivity contribution in [3.05, 3.63) is 33.0 Å². The van der Waals surface area contributed by atoms with E-state index in [2.05, 4.69) is 26.1 Å². The second-order valence-electron chi connectivity index (χ2n) is 2.76. The molecule has 14 heavy (non-hydrogen) atoms. The zero-order valence-electron chi connectivity index (χ0n) is 7.37. The highest BCUT2D eigenvalue weighted by molar-refractivity contribution is 9.10. The Hall–Kier alpha value is -1.36. The second-order valence-corrected chi connectivity index (χ2v) is 3.51. The van der Waals surface area contributed by atoms with Gasteiger partial charge < -0.3 is 4.74 Å². The lowest BCUT2D eigenvalue weighted by Gasteiger charge is -2.01. The monoisotopic (exact) mass is 254 g/mol. The van der Waals surface area contributed by atoms with Crippen LogP contribution in [0, 0.1) is 0 Å². The van der Waals surface area contributed by atoms with Crippen LogP contribution in [0.4, 0.5) is 0 Å². The fraction of sp³-hybridized carbons (Fsp3) is 0.111. The van der Waals surface area contributed by atoms with Gasteiger partial charge in [-0.2, -0.15) is 5.10 Å². The number of hydrogen-bond donors (Lipinski definition) is 1. The molecule has 2 rings (SSSR count). The molecule has 0 unspecified atom stereocenters. The van der Waals surface area contributed by atoms with Crippen LogP contribution in [0.3, 0.4) is 0 Å². The van der Waals surface area contributed by atoms with Gasteiger partial charge in [0.25, 0.3) is 0 Å². The summed E-state index contributed by atoms with van der Waals surface area (Å²) in [5, 5.41) is 7.15. The number of aromatic nitrogens is 2. The van der Waals surface area contributed by atoms with E-state index in [0.29, 0.717) is 16.7 Å². The lowest BCUT2D eigenvalue weighted by molar-refractivity contribution is 0.415. The van der Waals surface area contributed by atoms with Crippen LogP contribution >= 0.6 is 15.9 Å². The molecule has 1 aromatic carbocycles. The first-order valence-corrected chi connectivity index (χ1v) is 4.73. The molecule has 0 spiro atoms. The third-order valence-corrected chi connectivity index (χ3v) is 2.47. The molecule has 0 atom stereocenters. The summed E-state index contributed by atoms with van der Waals surface area (Å²) >= 11 is 3.07. The van der Waals surface area contributed by atoms with Crippen molar-refractivity contribution in [3.63, 3.8) is 0 Å². The predicted octanol–water partition coefficient (Wildman–Crippen LogP) is 1.69. The Balaban J connectivity index is 2.81. The minimum atomic E-state index is -0.124. The maximum absolute atomic E-state index is 11.6. The van der Waals surface area contributed by atoms with Gasteiger partial charge in [-0.1, -0.05) is 0 Å². The Bertz CT molecular complexity index is 536. The van der Waals surface area contributed by atoms with Crippen LogP contribution in [0.25, 0.3) is 10.9 Å². The normalized spacial score (nSPS) is 10.4. The standard InChI is InChI=1S/C9H7BrN2O2/c1-14-5-2-3-6-7(4-5)11-12-9(10)8(6)13/h2-4H,1H3,(H,11,13). The van der Waals surface area contributed by atoms with Gasteiger partial charge in [-0.25, -0.2) is 0 Å². The fourth-order valence-corrected chi connectivity index (χ4v) is 1.51. The molecule has 72 valence electrons. The van der Waals surface area contributed by atoms with Gasteiger partial charge in [0.15, 0.2) is 4.60 Å². The summed E-state index contributed by atoms with van der Waals surface area (Å²) in [6, 6.07) is 5.18. The third kappa shape index (κ3) is 1.39. The van der Waals surface area contributed by atoms with Crippen molar-refractivity contribution in [1.29, 1.82) is 0 Å². The number of methoxy groups -OCH3 is 1. The van der Waals surface area contributed by atoms with Gasteiger partial charge in [0.2, 0.25) is 5.43 Å². The predicted molar refractivity (Wildman–Crippen MR) is 56.6 cm³/mol. The number of hydrogen-bond acceptors (Lipinski definition) is 3. The van der Waals surface area contributed by atoms with Crippen molar-refractivity contribution in [3.8, 4) is 5.75 Å². The largest absolute Gasteiger partial charge is 0.497 e. The van der Waals surface area contributed by atoms with Gasteiger partial charge in [-0.15, -0.1) is 0 Å². The minimum Gasteiger partial charge on any atom is -0.497 e. The molecule has 1 N–H and O–H groups in total. The molecule has 2 aromatic rings. The Morgan fingerprint density at radius 1 is 1.50 bits per heavy atom. The van der Waals surface area contributed by atoms with Gasteiger partial charge >= 0.3 is 0 Å². The summed E-state index contributed by atoms with van der Waals surface area (Å²) in [7, 11) is 1.57. The van der Waals surface area contributed by atoms with Gasteiger partial charge in [0.05, 0.1) is 18.0 Å². The third-order valence-electron chi connectivity index (χ3n) is 1.93. The van der Waals surface area contributed by atoms with E-state index in [4.69, 9.17) is 4.74 Å². The van der Waals surface area contributed by atoms with E-state index in [-0.39, 0.29) is 10.0 Å². The minimum absolute atomic E-state index is 0.124. The number of ether oxygens (including phenoxy) is 1. The van der Waals surface area contributed by atoms with Gasteiger partial charge in [-0.3, -0.25) is 9.89 Å². The summed E-state index contributed by atoms with van der Waals surface area (Å²) in [4.78, 5) is 11.6. The molecule has 0 aliphatic rings. The number of H-pyrrole nitrogens is 1. The summed E-state index contributed by atoms with van der Waals surface area (Å²) in [5.74, 6) is 0.692. The number of rotatable bonds is 1. The zero-order chi connectivity index (χ0) is 10.1. The molecule has 4 nitrogen and oxygen atoms in total. The summed E-state index contributed by atoms with van der Waals surface area (Å²) in [6.07, 6.45) is 0. The molecule has 0 aliphatic carbocycles. The summed E-state index contributed by atoms with van der Waals surface area (Å²) in [5.41, 5.74) is 0.541. The van der Waals surface area contributed by atoms with Crippen LogP contribution in [-0.4, -0.2) is 17.3 Å². The average molecular weight is 255 g/mol. The van der Waals surface area contributed by atoms with Crippen molar-refractivity contribution in [2.75, 3.05) is 7.11 Å². The van der Waals surface area contributed by atoms with E-state index in [1.807, 2.05) is 0 Å². The SMILES string of the molecule is COc1ccc2c(=O)c(Br)n[nH]c2c1. The van der Waals surface area contributed by atoms with Crippen molar-refractivity contribution in [2.45, 2.75) is 0 Å². The molecule has 0 fully saturated rings. The number of fused-ring (bicyclic) bond motifs is 1. The highest BCUT2D eigenvalue weighted by atomic mass is 79.9. The number of nitrogens with one attached hydrogen (secondary N) is 1. The van der Waals surface area contributed by atoms with Crippen LogP contribution in [0.1, 0.15) is 0 Å². The number of aromatic amines is 1. The highest BCUT2D eigenvalue weighted by Crippen LogP contribution is 2.16. The molecule has 0 saturated carbocycles. The highest BCUT2D eigenvalue weighted by Gasteiger charge is 2.04. The van der Waals surface area contributed by atoms with Crippen LogP contribution in [0.2, 0.25) is 0 Å². The van der Waals surface area contributed by atoms with Crippen molar-refractivity contribution in [1.82, 2.24) is 10.2 Å². The molecule has 1 aromatic heterocycles. The van der Waals surface area contributed by atoms with Gasteiger partial charge in [-0.05, 0) is 28.1 Å². The van der Waals surface area contributed by atoms with Gasteiger partial charge in [0, 0.05) is 6.07 Å². The van der Waals surface area contributed by atoms with E-state index < -0.39 is 0 Å². The first-order valence-electron chi connectivity index (χ1n) is 3.94. The summed E-state index contributed by atoms with van der Waals surface area (Å²) in [6.45, 7) is 0. The molecular formula is C9H7BrN2O2. The topological polar surface area (TPSA) is 55.0 Å². The molecule has 0 saturated heterocycles. The Morgan fingerprint density at radius 2 is 2.29 bits per heavy atom. The summed E-state index contributed by atoms with van der Waals surface area (Å²) < 4.78 is 5.32. The number of nitrogens with zero attached hydrogens (tertiary/aromatic N) is 1. The lowest BCUT2D eigenvalue weighted by atomic mass is 10.2. The zero-order valence-corrected chi connectivity index (χ0v) is 8.96. The molecule has 0 amide bonds. The van der Waals surface area contributed by atoms with E-state index in [1.165, 1.54) is 0 Å². The second kappa shape index (κ2) is 3.42. The molecule has 0 aliphatic heterocycles. The molecule has 0 bridgehead atoms.